The Labute approximate surface area is 121 Å². The van der Waals surface area contributed by atoms with Crippen LogP contribution in [0.5, 0.6) is 0 Å². The summed E-state index contributed by atoms with van der Waals surface area (Å²) < 4.78 is 29.3. The van der Waals surface area contributed by atoms with Gasteiger partial charge in [-0.15, -0.1) is 0 Å². The summed E-state index contributed by atoms with van der Waals surface area (Å²) in [5.41, 5.74) is -0.315. The summed E-state index contributed by atoms with van der Waals surface area (Å²) in [4.78, 5) is 0.250. The van der Waals surface area contributed by atoms with E-state index in [0.29, 0.717) is 6.54 Å². The minimum atomic E-state index is -3.48. The van der Waals surface area contributed by atoms with E-state index in [1.807, 2.05) is 14.0 Å². The SMILES string of the molecule is CNCCn1cc(S(=O)(=O)NC2(C)CCCCC2)cn1. The third-order valence-corrected chi connectivity index (χ3v) is 5.44. The highest BCUT2D eigenvalue weighted by atomic mass is 32.2. The molecule has 2 N–H and O–H groups in total. The quantitative estimate of drug-likeness (QED) is 0.825. The highest BCUT2D eigenvalue weighted by Crippen LogP contribution is 2.29. The van der Waals surface area contributed by atoms with E-state index in [2.05, 4.69) is 15.1 Å². The molecule has 0 unspecified atom stereocenters. The summed E-state index contributed by atoms with van der Waals surface area (Å²) in [6.45, 7) is 3.41. The maximum atomic E-state index is 12.4. The maximum absolute atomic E-state index is 12.4. The molecule has 6 nitrogen and oxygen atoms in total. The van der Waals surface area contributed by atoms with Crippen molar-refractivity contribution in [3.8, 4) is 0 Å². The summed E-state index contributed by atoms with van der Waals surface area (Å²) in [5, 5.41) is 7.10. The lowest BCUT2D eigenvalue weighted by Gasteiger charge is -2.33. The lowest BCUT2D eigenvalue weighted by atomic mass is 9.84. The number of nitrogens with one attached hydrogen (secondary N) is 2. The number of nitrogens with zero attached hydrogens (tertiary/aromatic N) is 2. The fraction of sp³-hybridized carbons (Fsp3) is 0.769. The molecule has 20 heavy (non-hydrogen) atoms. The zero-order valence-electron chi connectivity index (χ0n) is 12.2. The van der Waals surface area contributed by atoms with Crippen LogP contribution in [0.2, 0.25) is 0 Å². The number of likely N-dealkylation sites (N-methyl/N-ethyl adjacent to an activating group) is 1. The molecule has 0 saturated heterocycles. The number of hydrogen-bond acceptors (Lipinski definition) is 4. The lowest BCUT2D eigenvalue weighted by molar-refractivity contribution is 0.294. The van der Waals surface area contributed by atoms with Crippen molar-refractivity contribution in [1.82, 2.24) is 19.8 Å². The van der Waals surface area contributed by atoms with Crippen LogP contribution in [-0.4, -0.2) is 37.3 Å². The fourth-order valence-corrected chi connectivity index (χ4v) is 4.07. The van der Waals surface area contributed by atoms with Crippen LogP contribution in [0, 0.1) is 0 Å². The third-order valence-electron chi connectivity index (χ3n) is 3.85. The predicted octanol–water partition coefficient (Wildman–Crippen LogP) is 1.10. The average molecular weight is 300 g/mol. The molecule has 1 aliphatic carbocycles. The summed E-state index contributed by atoms with van der Waals surface area (Å²) >= 11 is 0. The molecule has 0 spiro atoms. The lowest BCUT2D eigenvalue weighted by Crippen LogP contribution is -2.46. The van der Waals surface area contributed by atoms with Gasteiger partial charge < -0.3 is 5.32 Å². The second-order valence-corrected chi connectivity index (χ2v) is 7.45. The largest absolute Gasteiger partial charge is 0.318 e. The van der Waals surface area contributed by atoms with Crippen molar-refractivity contribution in [2.75, 3.05) is 13.6 Å². The van der Waals surface area contributed by atoms with Gasteiger partial charge in [0.25, 0.3) is 0 Å². The normalized spacial score (nSPS) is 19.1. The summed E-state index contributed by atoms with van der Waals surface area (Å²) in [7, 11) is -1.62. The van der Waals surface area contributed by atoms with Gasteiger partial charge in [0.05, 0.1) is 12.7 Å². The maximum Gasteiger partial charge on any atom is 0.244 e. The predicted molar refractivity (Wildman–Crippen MR) is 78.0 cm³/mol. The summed E-state index contributed by atoms with van der Waals surface area (Å²) in [5.74, 6) is 0. The van der Waals surface area contributed by atoms with Crippen molar-refractivity contribution in [1.29, 1.82) is 0 Å². The smallest absolute Gasteiger partial charge is 0.244 e. The number of hydrogen-bond donors (Lipinski definition) is 2. The standard InChI is InChI=1S/C13H24N4O2S/c1-13(6-4-3-5-7-13)16-20(18,19)12-10-15-17(11-12)9-8-14-2/h10-11,14,16H,3-9H2,1-2H3. The van der Waals surface area contributed by atoms with Crippen LogP contribution in [0.4, 0.5) is 0 Å². The van der Waals surface area contributed by atoms with E-state index in [1.54, 1.807) is 10.9 Å². The third kappa shape index (κ3) is 3.80. The molecule has 1 aliphatic rings. The highest BCUT2D eigenvalue weighted by Gasteiger charge is 2.32. The fourth-order valence-electron chi connectivity index (χ4n) is 2.65. The highest BCUT2D eigenvalue weighted by molar-refractivity contribution is 7.89. The van der Waals surface area contributed by atoms with Crippen molar-refractivity contribution in [3.05, 3.63) is 12.4 Å². The van der Waals surface area contributed by atoms with Gasteiger partial charge in [0.2, 0.25) is 10.0 Å². The van der Waals surface area contributed by atoms with Crippen molar-refractivity contribution in [2.24, 2.45) is 0 Å². The first-order chi connectivity index (χ1) is 9.45. The number of aromatic nitrogens is 2. The molecule has 1 saturated carbocycles. The summed E-state index contributed by atoms with van der Waals surface area (Å²) in [6, 6.07) is 0. The van der Waals surface area contributed by atoms with E-state index < -0.39 is 10.0 Å². The Morgan fingerprint density at radius 1 is 1.35 bits per heavy atom. The Kier molecular flexibility index (Phi) is 4.82. The van der Waals surface area contributed by atoms with Crippen LogP contribution in [0.15, 0.2) is 17.3 Å². The molecular formula is C13H24N4O2S. The Bertz CT molecular complexity index is 532. The molecule has 114 valence electrons. The van der Waals surface area contributed by atoms with Gasteiger partial charge in [-0.1, -0.05) is 19.3 Å². The minimum absolute atomic E-state index is 0.250. The summed E-state index contributed by atoms with van der Waals surface area (Å²) in [6.07, 6.45) is 8.18. The molecular weight excluding hydrogens is 276 g/mol. The molecule has 1 aromatic rings. The first-order valence-corrected chi connectivity index (χ1v) is 8.65. The van der Waals surface area contributed by atoms with Gasteiger partial charge in [0.15, 0.2) is 0 Å². The van der Waals surface area contributed by atoms with Crippen molar-refractivity contribution in [3.63, 3.8) is 0 Å². The van der Waals surface area contributed by atoms with Crippen LogP contribution >= 0.6 is 0 Å². The first-order valence-electron chi connectivity index (χ1n) is 7.16. The van der Waals surface area contributed by atoms with E-state index in [9.17, 15) is 8.42 Å². The first kappa shape index (κ1) is 15.5. The number of rotatable bonds is 6. The second kappa shape index (κ2) is 6.24. The topological polar surface area (TPSA) is 76.0 Å². The van der Waals surface area contributed by atoms with Gasteiger partial charge in [0.1, 0.15) is 4.90 Å². The molecule has 2 rings (SSSR count). The molecule has 1 heterocycles. The molecule has 0 amide bonds. The van der Waals surface area contributed by atoms with Crippen LogP contribution in [0.1, 0.15) is 39.0 Å². The van der Waals surface area contributed by atoms with Crippen molar-refractivity contribution < 1.29 is 8.42 Å². The van der Waals surface area contributed by atoms with E-state index in [1.165, 1.54) is 12.6 Å². The molecule has 0 aromatic carbocycles. The van der Waals surface area contributed by atoms with E-state index in [4.69, 9.17) is 0 Å². The van der Waals surface area contributed by atoms with E-state index in [-0.39, 0.29) is 10.4 Å². The van der Waals surface area contributed by atoms with Gasteiger partial charge >= 0.3 is 0 Å². The zero-order chi connectivity index (χ0) is 14.6. The average Bonchev–Trinajstić information content (AvgIpc) is 2.85. The molecule has 0 atom stereocenters. The van der Waals surface area contributed by atoms with Crippen LogP contribution in [0.25, 0.3) is 0 Å². The second-order valence-electron chi connectivity index (χ2n) is 5.77. The van der Waals surface area contributed by atoms with E-state index >= 15 is 0 Å². The Hall–Kier alpha value is -0.920. The molecule has 7 heteroatoms. The van der Waals surface area contributed by atoms with Crippen LogP contribution in [-0.2, 0) is 16.6 Å². The van der Waals surface area contributed by atoms with Crippen LogP contribution < -0.4 is 10.0 Å². The minimum Gasteiger partial charge on any atom is -0.318 e. The zero-order valence-corrected chi connectivity index (χ0v) is 13.0. The van der Waals surface area contributed by atoms with Crippen molar-refractivity contribution >= 4 is 10.0 Å². The monoisotopic (exact) mass is 300 g/mol. The van der Waals surface area contributed by atoms with Crippen molar-refractivity contribution in [2.45, 2.75) is 56.0 Å². The van der Waals surface area contributed by atoms with Gasteiger partial charge in [-0.3, -0.25) is 4.68 Å². The molecule has 0 aliphatic heterocycles. The van der Waals surface area contributed by atoms with Gasteiger partial charge in [-0.05, 0) is 26.8 Å². The molecule has 1 fully saturated rings. The molecule has 0 bridgehead atoms. The van der Waals surface area contributed by atoms with Crippen LogP contribution in [0.3, 0.4) is 0 Å². The van der Waals surface area contributed by atoms with Gasteiger partial charge in [-0.25, -0.2) is 13.1 Å². The Balaban J connectivity index is 2.07. The van der Waals surface area contributed by atoms with E-state index in [0.717, 1.165) is 32.2 Å². The Morgan fingerprint density at radius 2 is 2.05 bits per heavy atom. The molecule has 0 radical (unpaired) electrons. The van der Waals surface area contributed by atoms with Gasteiger partial charge in [0, 0.05) is 18.3 Å². The van der Waals surface area contributed by atoms with Gasteiger partial charge in [-0.2, -0.15) is 5.10 Å². The molecule has 1 aromatic heterocycles. The number of sulfonamides is 1. The Morgan fingerprint density at radius 3 is 2.70 bits per heavy atom.